The quantitative estimate of drug-likeness (QED) is 0.719. The van der Waals surface area contributed by atoms with Crippen LogP contribution in [-0.2, 0) is 14.8 Å². The summed E-state index contributed by atoms with van der Waals surface area (Å²) in [6.45, 7) is 0. The predicted molar refractivity (Wildman–Crippen MR) is 102 cm³/mol. The number of amides is 1. The minimum Gasteiger partial charge on any atom is -0.326 e. The highest BCUT2D eigenvalue weighted by Gasteiger charge is 2.15. The topological polar surface area (TPSA) is 84.3 Å². The molecule has 1 N–H and O–H groups in total. The van der Waals surface area contributed by atoms with Gasteiger partial charge in [-0.05, 0) is 36.4 Å². The first-order chi connectivity index (χ1) is 12.4. The first-order valence-corrected chi connectivity index (χ1v) is 9.70. The van der Waals surface area contributed by atoms with E-state index >= 15 is 0 Å². The van der Waals surface area contributed by atoms with Crippen LogP contribution in [-0.4, -0.2) is 48.0 Å². The summed E-state index contributed by atoms with van der Waals surface area (Å²) in [5, 5.41) is 2.72. The maximum atomic E-state index is 12.0. The number of imidazole rings is 1. The molecule has 136 valence electrons. The number of nitrogens with zero attached hydrogens (tertiary/aromatic N) is 3. The number of carbonyl (C=O) groups excluding carboxylic acids is 1. The normalized spacial score (nSPS) is 11.8. The minimum absolute atomic E-state index is 0.0889. The Morgan fingerprint density at radius 3 is 2.50 bits per heavy atom. The van der Waals surface area contributed by atoms with Crippen LogP contribution in [0.4, 0.5) is 5.69 Å². The van der Waals surface area contributed by atoms with E-state index in [4.69, 9.17) is 0 Å². The summed E-state index contributed by atoms with van der Waals surface area (Å²) >= 11 is 0. The summed E-state index contributed by atoms with van der Waals surface area (Å²) < 4.78 is 26.5. The molecule has 0 saturated heterocycles. The lowest BCUT2D eigenvalue weighted by atomic mass is 10.2. The van der Waals surface area contributed by atoms with Gasteiger partial charge in [0.25, 0.3) is 0 Å². The van der Waals surface area contributed by atoms with Crippen LogP contribution in [0.25, 0.3) is 16.7 Å². The van der Waals surface area contributed by atoms with Crippen LogP contribution in [0.3, 0.4) is 0 Å². The molecule has 2 aromatic carbocycles. The standard InChI is InChI=1S/C18H20N4O3S/c1-21(2)26(24,25)12-11-18(23)20-14-7-9-15(10-8-14)22-13-19-16-5-3-4-6-17(16)22/h3-10,13H,11-12H2,1-2H3,(H,20,23). The van der Waals surface area contributed by atoms with Crippen molar-refractivity contribution in [2.24, 2.45) is 0 Å². The van der Waals surface area contributed by atoms with Gasteiger partial charge in [0.05, 0.1) is 16.8 Å². The second-order valence-corrected chi connectivity index (χ2v) is 8.35. The highest BCUT2D eigenvalue weighted by molar-refractivity contribution is 7.89. The first kappa shape index (κ1) is 18.1. The fourth-order valence-electron chi connectivity index (χ4n) is 2.50. The van der Waals surface area contributed by atoms with Gasteiger partial charge in [-0.25, -0.2) is 17.7 Å². The zero-order valence-electron chi connectivity index (χ0n) is 14.6. The van der Waals surface area contributed by atoms with Crippen LogP contribution in [0.5, 0.6) is 0 Å². The molecule has 3 aromatic rings. The first-order valence-electron chi connectivity index (χ1n) is 8.09. The van der Waals surface area contributed by atoms with E-state index < -0.39 is 10.0 Å². The van der Waals surface area contributed by atoms with E-state index in [1.54, 1.807) is 18.5 Å². The number of rotatable bonds is 6. The largest absolute Gasteiger partial charge is 0.326 e. The molecule has 8 heteroatoms. The smallest absolute Gasteiger partial charge is 0.225 e. The van der Waals surface area contributed by atoms with E-state index in [9.17, 15) is 13.2 Å². The molecule has 1 aromatic heterocycles. The number of sulfonamides is 1. The molecule has 0 bridgehead atoms. The Kier molecular flexibility index (Phi) is 5.06. The van der Waals surface area contributed by atoms with Crippen LogP contribution in [0, 0.1) is 0 Å². The van der Waals surface area contributed by atoms with E-state index in [0.29, 0.717) is 5.69 Å². The molecule has 0 saturated carbocycles. The molecular weight excluding hydrogens is 352 g/mol. The van der Waals surface area contributed by atoms with Gasteiger partial charge in [-0.3, -0.25) is 9.36 Å². The van der Waals surface area contributed by atoms with Gasteiger partial charge in [0.1, 0.15) is 6.33 Å². The van der Waals surface area contributed by atoms with Crippen LogP contribution in [0.2, 0.25) is 0 Å². The molecule has 0 aliphatic carbocycles. The van der Waals surface area contributed by atoms with Gasteiger partial charge >= 0.3 is 0 Å². The molecule has 0 unspecified atom stereocenters. The Morgan fingerprint density at radius 2 is 1.81 bits per heavy atom. The highest BCUT2D eigenvalue weighted by Crippen LogP contribution is 2.19. The van der Waals surface area contributed by atoms with Crippen molar-refractivity contribution in [3.63, 3.8) is 0 Å². The van der Waals surface area contributed by atoms with Crippen LogP contribution < -0.4 is 5.32 Å². The SMILES string of the molecule is CN(C)S(=O)(=O)CCC(=O)Nc1ccc(-n2cnc3ccccc32)cc1. The third-order valence-electron chi connectivity index (χ3n) is 4.03. The van der Waals surface area contributed by atoms with Crippen LogP contribution in [0.15, 0.2) is 54.9 Å². The highest BCUT2D eigenvalue weighted by atomic mass is 32.2. The Bertz CT molecular complexity index is 1020. The number of nitrogens with one attached hydrogen (secondary N) is 1. The second kappa shape index (κ2) is 7.27. The minimum atomic E-state index is -3.38. The number of hydrogen-bond donors (Lipinski definition) is 1. The van der Waals surface area contributed by atoms with E-state index in [2.05, 4.69) is 10.3 Å². The van der Waals surface area contributed by atoms with Crippen molar-refractivity contribution in [2.75, 3.05) is 25.2 Å². The second-order valence-electron chi connectivity index (χ2n) is 6.05. The molecule has 3 rings (SSSR count). The summed E-state index contributed by atoms with van der Waals surface area (Å²) in [4.78, 5) is 16.3. The summed E-state index contributed by atoms with van der Waals surface area (Å²) in [7, 11) is -0.480. The fourth-order valence-corrected chi connectivity index (χ4v) is 3.31. The fraction of sp³-hybridized carbons (Fsp3) is 0.222. The van der Waals surface area contributed by atoms with Crippen LogP contribution >= 0.6 is 0 Å². The Morgan fingerprint density at radius 1 is 1.12 bits per heavy atom. The lowest BCUT2D eigenvalue weighted by Crippen LogP contribution is -2.27. The molecule has 0 atom stereocenters. The average molecular weight is 372 g/mol. The maximum absolute atomic E-state index is 12.0. The Balaban J connectivity index is 1.67. The molecule has 0 aliphatic rings. The molecule has 1 heterocycles. The van der Waals surface area contributed by atoms with Gasteiger partial charge in [-0.1, -0.05) is 12.1 Å². The van der Waals surface area contributed by atoms with E-state index in [-0.39, 0.29) is 18.1 Å². The molecule has 7 nitrogen and oxygen atoms in total. The number of para-hydroxylation sites is 2. The molecule has 26 heavy (non-hydrogen) atoms. The number of benzene rings is 2. The molecule has 0 spiro atoms. The van der Waals surface area contributed by atoms with Gasteiger partial charge in [0.15, 0.2) is 0 Å². The van der Waals surface area contributed by atoms with Gasteiger partial charge in [0.2, 0.25) is 15.9 Å². The average Bonchev–Trinajstić information content (AvgIpc) is 3.05. The maximum Gasteiger partial charge on any atom is 0.225 e. The Labute approximate surface area is 152 Å². The van der Waals surface area contributed by atoms with Gasteiger partial charge in [-0.2, -0.15) is 0 Å². The number of anilines is 1. The van der Waals surface area contributed by atoms with E-state index in [1.807, 2.05) is 41.0 Å². The number of fused-ring (bicyclic) bond motifs is 1. The molecular formula is C18H20N4O3S. The van der Waals surface area contributed by atoms with Crippen molar-refractivity contribution in [3.8, 4) is 5.69 Å². The number of aromatic nitrogens is 2. The van der Waals surface area contributed by atoms with Crippen molar-refractivity contribution in [1.82, 2.24) is 13.9 Å². The van der Waals surface area contributed by atoms with Crippen molar-refractivity contribution in [3.05, 3.63) is 54.9 Å². The lowest BCUT2D eigenvalue weighted by Gasteiger charge is -2.11. The summed E-state index contributed by atoms with van der Waals surface area (Å²) in [6, 6.07) is 15.1. The van der Waals surface area contributed by atoms with Crippen molar-refractivity contribution in [2.45, 2.75) is 6.42 Å². The van der Waals surface area contributed by atoms with Gasteiger partial charge < -0.3 is 5.32 Å². The van der Waals surface area contributed by atoms with Crippen molar-refractivity contribution < 1.29 is 13.2 Å². The van der Waals surface area contributed by atoms with Gasteiger partial charge in [-0.15, -0.1) is 0 Å². The summed E-state index contributed by atoms with van der Waals surface area (Å²) in [5.74, 6) is -0.554. The summed E-state index contributed by atoms with van der Waals surface area (Å²) in [6.07, 6.45) is 1.67. The number of carbonyl (C=O) groups is 1. The van der Waals surface area contributed by atoms with Crippen molar-refractivity contribution in [1.29, 1.82) is 0 Å². The monoisotopic (exact) mass is 372 g/mol. The zero-order chi connectivity index (χ0) is 18.7. The third-order valence-corrected chi connectivity index (χ3v) is 5.86. The van der Waals surface area contributed by atoms with E-state index in [0.717, 1.165) is 21.0 Å². The molecule has 1 amide bonds. The summed E-state index contributed by atoms with van der Waals surface area (Å²) in [5.41, 5.74) is 3.45. The van der Waals surface area contributed by atoms with Crippen molar-refractivity contribution >= 4 is 32.7 Å². The lowest BCUT2D eigenvalue weighted by molar-refractivity contribution is -0.115. The zero-order valence-corrected chi connectivity index (χ0v) is 15.4. The molecule has 0 fully saturated rings. The number of hydrogen-bond acceptors (Lipinski definition) is 4. The third kappa shape index (κ3) is 3.92. The van der Waals surface area contributed by atoms with E-state index in [1.165, 1.54) is 14.1 Å². The predicted octanol–water partition coefficient (Wildman–Crippen LogP) is 2.25. The Hall–Kier alpha value is -2.71. The van der Waals surface area contributed by atoms with Gasteiger partial charge in [0, 0.05) is 31.9 Å². The molecule has 0 radical (unpaired) electrons. The van der Waals surface area contributed by atoms with Crippen LogP contribution in [0.1, 0.15) is 6.42 Å². The molecule has 0 aliphatic heterocycles.